The maximum Gasteiger partial charge on any atom is 0.260 e. The quantitative estimate of drug-likeness (QED) is 0.866. The topological polar surface area (TPSA) is 70.2 Å². The first-order chi connectivity index (χ1) is 10.7. The van der Waals surface area contributed by atoms with Crippen LogP contribution in [-0.4, -0.2) is 10.5 Å². The number of nitrogens with zero attached hydrogens (tertiary/aromatic N) is 3. The molecule has 0 aliphatic heterocycles. The van der Waals surface area contributed by atoms with E-state index in [0.717, 1.165) is 34.3 Å². The van der Waals surface area contributed by atoms with Crippen molar-refractivity contribution in [1.29, 1.82) is 5.26 Å². The fraction of sp³-hybridized carbons (Fsp3) is 0.438. The Morgan fingerprint density at radius 2 is 2.09 bits per heavy atom. The molecule has 1 aromatic carbocycles. The number of thiazole rings is 1. The number of benzene rings is 1. The van der Waals surface area contributed by atoms with Gasteiger partial charge in [-0.2, -0.15) is 5.26 Å². The van der Waals surface area contributed by atoms with Crippen LogP contribution in [0.5, 0.6) is 0 Å². The molecule has 3 rings (SSSR count). The van der Waals surface area contributed by atoms with Gasteiger partial charge in [-0.05, 0) is 25.0 Å². The Labute approximate surface area is 132 Å². The second-order valence-corrected chi connectivity index (χ2v) is 6.73. The third kappa shape index (κ3) is 2.53. The van der Waals surface area contributed by atoms with Crippen LogP contribution in [0.25, 0.3) is 10.2 Å². The summed E-state index contributed by atoms with van der Waals surface area (Å²) < 4.78 is 3.06. The number of hydrogen-bond donors (Lipinski definition) is 1. The summed E-state index contributed by atoms with van der Waals surface area (Å²) in [4.78, 5) is 13.1. The molecule has 22 heavy (non-hydrogen) atoms. The van der Waals surface area contributed by atoms with Crippen LogP contribution >= 0.6 is 11.3 Å². The van der Waals surface area contributed by atoms with E-state index in [1.54, 1.807) is 0 Å². The zero-order valence-corrected chi connectivity index (χ0v) is 13.3. The Hall–Kier alpha value is -2.13. The molecule has 0 spiro atoms. The Bertz CT molecular complexity index is 805. The second kappa shape index (κ2) is 5.93. The third-order valence-electron chi connectivity index (χ3n) is 4.32. The van der Waals surface area contributed by atoms with Crippen LogP contribution in [0, 0.1) is 16.7 Å². The summed E-state index contributed by atoms with van der Waals surface area (Å²) in [5, 5.41) is 13.7. The molecule has 114 valence electrons. The summed E-state index contributed by atoms with van der Waals surface area (Å²) in [5.74, 6) is -0.271. The summed E-state index contributed by atoms with van der Waals surface area (Å²) in [5.41, 5.74) is 2.79. The Morgan fingerprint density at radius 1 is 1.36 bits per heavy atom. The fourth-order valence-corrected chi connectivity index (χ4v) is 3.92. The van der Waals surface area contributed by atoms with Crippen LogP contribution in [0.2, 0.25) is 0 Å². The van der Waals surface area contributed by atoms with Gasteiger partial charge in [0.15, 0.2) is 0 Å². The lowest BCUT2D eigenvalue weighted by Gasteiger charge is -2.27. The van der Waals surface area contributed by atoms with Crippen molar-refractivity contribution in [2.24, 2.45) is 17.6 Å². The number of hydrogen-bond acceptors (Lipinski definition) is 4. The molecule has 1 heterocycles. The lowest BCUT2D eigenvalue weighted by molar-refractivity contribution is -0.129. The van der Waals surface area contributed by atoms with E-state index in [1.807, 2.05) is 35.9 Å². The van der Waals surface area contributed by atoms with Crippen molar-refractivity contribution in [3.05, 3.63) is 29.1 Å². The Morgan fingerprint density at radius 3 is 2.77 bits per heavy atom. The largest absolute Gasteiger partial charge is 0.318 e. The molecule has 1 amide bonds. The molecule has 0 saturated heterocycles. The van der Waals surface area contributed by atoms with Gasteiger partial charge in [0.05, 0.1) is 16.3 Å². The maximum atomic E-state index is 12.4. The van der Waals surface area contributed by atoms with Crippen molar-refractivity contribution in [2.75, 3.05) is 0 Å². The number of carbonyl (C=O) groups is 1. The zero-order valence-electron chi connectivity index (χ0n) is 12.5. The average molecular weight is 314 g/mol. The summed E-state index contributed by atoms with van der Waals surface area (Å²) in [6.45, 7) is 0. The Kier molecular flexibility index (Phi) is 3.99. The van der Waals surface area contributed by atoms with Crippen LogP contribution in [-0.2, 0) is 11.8 Å². The normalized spacial score (nSPS) is 18.1. The third-order valence-corrected chi connectivity index (χ3v) is 5.44. The fourth-order valence-electron chi connectivity index (χ4n) is 2.94. The zero-order chi connectivity index (χ0) is 15.6. The van der Waals surface area contributed by atoms with Gasteiger partial charge in [0.2, 0.25) is 4.80 Å². The van der Waals surface area contributed by atoms with E-state index in [4.69, 9.17) is 0 Å². The van der Waals surface area contributed by atoms with Gasteiger partial charge < -0.3 is 4.57 Å². The van der Waals surface area contributed by atoms with Gasteiger partial charge in [0.1, 0.15) is 5.41 Å². The molecule has 5 nitrogen and oxygen atoms in total. The maximum absolute atomic E-state index is 12.4. The standard InChI is InChI=1S/C16H18N4OS/c1-20-12-7-3-4-8-13(12)22-15(20)19-18-14(21)16(11-17)9-5-2-6-10-16/h3-4,7-8H,2,5-6,9-10H2,1H3,(H,18,21)/b19-15+. The number of fused-ring (bicyclic) bond motifs is 1. The van der Waals surface area contributed by atoms with Gasteiger partial charge in [0, 0.05) is 7.05 Å². The van der Waals surface area contributed by atoms with Crippen molar-refractivity contribution in [3.8, 4) is 6.07 Å². The summed E-state index contributed by atoms with van der Waals surface area (Å²) >= 11 is 1.52. The van der Waals surface area contributed by atoms with Crippen LogP contribution < -0.4 is 10.2 Å². The van der Waals surface area contributed by atoms with E-state index in [0.29, 0.717) is 12.8 Å². The van der Waals surface area contributed by atoms with Crippen LogP contribution in [0.4, 0.5) is 0 Å². The van der Waals surface area contributed by atoms with Crippen LogP contribution in [0.15, 0.2) is 29.4 Å². The number of rotatable bonds is 2. The van der Waals surface area contributed by atoms with Crippen LogP contribution in [0.3, 0.4) is 0 Å². The average Bonchev–Trinajstić information content (AvgIpc) is 2.90. The van der Waals surface area contributed by atoms with E-state index >= 15 is 0 Å². The number of nitrogens with one attached hydrogen (secondary N) is 1. The minimum absolute atomic E-state index is 0.271. The SMILES string of the molecule is Cn1/c(=N\NC(=O)C2(C#N)CCCCC2)sc2ccccc21. The highest BCUT2D eigenvalue weighted by Gasteiger charge is 2.39. The van der Waals surface area contributed by atoms with E-state index in [-0.39, 0.29) is 5.91 Å². The monoisotopic (exact) mass is 314 g/mol. The van der Waals surface area contributed by atoms with Gasteiger partial charge in [-0.1, -0.05) is 42.7 Å². The minimum Gasteiger partial charge on any atom is -0.318 e. The molecule has 1 fully saturated rings. The first-order valence-electron chi connectivity index (χ1n) is 7.46. The van der Waals surface area contributed by atoms with E-state index in [9.17, 15) is 10.1 Å². The highest BCUT2D eigenvalue weighted by Crippen LogP contribution is 2.35. The molecule has 0 atom stereocenters. The molecule has 1 aromatic heterocycles. The van der Waals surface area contributed by atoms with Gasteiger partial charge in [-0.25, -0.2) is 5.43 Å². The molecule has 1 aliphatic carbocycles. The molecule has 2 aromatic rings. The molecule has 0 radical (unpaired) electrons. The highest BCUT2D eigenvalue weighted by atomic mass is 32.1. The summed E-state index contributed by atoms with van der Waals surface area (Å²) in [6, 6.07) is 10.2. The van der Waals surface area contributed by atoms with Gasteiger partial charge in [0.25, 0.3) is 5.91 Å². The van der Waals surface area contributed by atoms with E-state index in [1.165, 1.54) is 11.3 Å². The Balaban J connectivity index is 1.87. The van der Waals surface area contributed by atoms with Crippen molar-refractivity contribution in [2.45, 2.75) is 32.1 Å². The van der Waals surface area contributed by atoms with E-state index in [2.05, 4.69) is 16.6 Å². The molecule has 0 unspecified atom stereocenters. The van der Waals surface area contributed by atoms with Gasteiger partial charge in [-0.15, -0.1) is 5.10 Å². The van der Waals surface area contributed by atoms with Crippen molar-refractivity contribution < 1.29 is 4.79 Å². The number of carbonyl (C=O) groups excluding carboxylic acids is 1. The molecular weight excluding hydrogens is 296 g/mol. The number of aryl methyl sites for hydroxylation is 1. The molecule has 1 N–H and O–H groups in total. The first kappa shape index (κ1) is 14.8. The molecule has 6 heteroatoms. The molecule has 0 bridgehead atoms. The predicted octanol–water partition coefficient (Wildman–Crippen LogP) is 2.65. The van der Waals surface area contributed by atoms with E-state index < -0.39 is 5.41 Å². The number of aromatic nitrogens is 1. The molecular formula is C16H18N4OS. The van der Waals surface area contributed by atoms with Gasteiger partial charge >= 0.3 is 0 Å². The smallest absolute Gasteiger partial charge is 0.260 e. The van der Waals surface area contributed by atoms with Crippen molar-refractivity contribution >= 4 is 27.5 Å². The second-order valence-electron chi connectivity index (χ2n) is 5.72. The predicted molar refractivity (Wildman–Crippen MR) is 85.6 cm³/mol. The lowest BCUT2D eigenvalue weighted by Crippen LogP contribution is -2.40. The van der Waals surface area contributed by atoms with Crippen LogP contribution in [0.1, 0.15) is 32.1 Å². The summed E-state index contributed by atoms with van der Waals surface area (Å²) in [7, 11) is 1.92. The molecule has 1 aliphatic rings. The minimum atomic E-state index is -0.906. The van der Waals surface area contributed by atoms with Gasteiger partial charge in [-0.3, -0.25) is 4.79 Å². The first-order valence-corrected chi connectivity index (χ1v) is 8.28. The molecule has 1 saturated carbocycles. The van der Waals surface area contributed by atoms with Crippen molar-refractivity contribution in [3.63, 3.8) is 0 Å². The highest BCUT2D eigenvalue weighted by molar-refractivity contribution is 7.16. The number of nitriles is 1. The summed E-state index contributed by atoms with van der Waals surface area (Å²) in [6.07, 6.45) is 4.21. The van der Waals surface area contributed by atoms with Crippen molar-refractivity contribution in [1.82, 2.24) is 9.99 Å². The number of para-hydroxylation sites is 1. The lowest BCUT2D eigenvalue weighted by atomic mass is 9.75. The number of amides is 1.